The van der Waals surface area contributed by atoms with Gasteiger partial charge in [-0.3, -0.25) is 19.3 Å². The molecule has 0 saturated carbocycles. The fourth-order valence-corrected chi connectivity index (χ4v) is 4.91. The number of ether oxygens (including phenoxy) is 3. The second kappa shape index (κ2) is 12.7. The van der Waals surface area contributed by atoms with Gasteiger partial charge in [-0.2, -0.15) is 0 Å². The van der Waals surface area contributed by atoms with Gasteiger partial charge < -0.3 is 19.5 Å². The molecule has 0 unspecified atom stereocenters. The first-order valence-electron chi connectivity index (χ1n) is 12.8. The van der Waals surface area contributed by atoms with Crippen LogP contribution in [0.2, 0.25) is 0 Å². The van der Waals surface area contributed by atoms with Crippen molar-refractivity contribution in [1.29, 1.82) is 0 Å². The molecule has 1 N–H and O–H groups in total. The average Bonchev–Trinajstić information content (AvgIpc) is 3.19. The normalized spacial score (nSPS) is 14.0. The molecule has 1 heterocycles. The molecule has 3 aromatic carbocycles. The molecular weight excluding hydrogens is 528 g/mol. The zero-order valence-electron chi connectivity index (χ0n) is 23.2. The average molecular weight is 561 g/mol. The Morgan fingerprint density at radius 1 is 0.875 bits per heavy atom. The highest BCUT2D eigenvalue weighted by molar-refractivity contribution is 8.18. The number of aryl methyl sites for hydroxylation is 4. The third-order valence-electron chi connectivity index (χ3n) is 6.30. The third kappa shape index (κ3) is 7.04. The van der Waals surface area contributed by atoms with Gasteiger partial charge in [-0.1, -0.05) is 30.3 Å². The highest BCUT2D eigenvalue weighted by Crippen LogP contribution is 2.34. The van der Waals surface area contributed by atoms with Crippen LogP contribution in [0.5, 0.6) is 17.2 Å². The second-order valence-corrected chi connectivity index (χ2v) is 10.5. The van der Waals surface area contributed by atoms with Crippen LogP contribution in [0.15, 0.2) is 59.5 Å². The number of amides is 3. The number of nitrogens with zero attached hydrogens (tertiary/aromatic N) is 1. The van der Waals surface area contributed by atoms with Gasteiger partial charge in [-0.25, -0.2) is 0 Å². The molecule has 208 valence electrons. The van der Waals surface area contributed by atoms with Crippen LogP contribution < -0.4 is 19.5 Å². The van der Waals surface area contributed by atoms with Crippen LogP contribution in [0, 0.1) is 27.7 Å². The van der Waals surface area contributed by atoms with Crippen molar-refractivity contribution >= 4 is 40.6 Å². The predicted molar refractivity (Wildman–Crippen MR) is 157 cm³/mol. The van der Waals surface area contributed by atoms with E-state index in [9.17, 15) is 14.4 Å². The van der Waals surface area contributed by atoms with Gasteiger partial charge in [0.15, 0.2) is 18.1 Å². The lowest BCUT2D eigenvalue weighted by atomic mass is 10.1. The van der Waals surface area contributed by atoms with Gasteiger partial charge in [0.25, 0.3) is 17.1 Å². The van der Waals surface area contributed by atoms with E-state index in [-0.39, 0.29) is 36.8 Å². The second-order valence-electron chi connectivity index (χ2n) is 9.52. The molecule has 1 fully saturated rings. The van der Waals surface area contributed by atoms with Gasteiger partial charge in [-0.05, 0) is 97.6 Å². The molecule has 1 aliphatic heterocycles. The number of methoxy groups -OCH3 is 1. The molecule has 0 bridgehead atoms. The fourth-order valence-electron chi connectivity index (χ4n) is 4.05. The Balaban J connectivity index is 1.36. The summed E-state index contributed by atoms with van der Waals surface area (Å²) >= 11 is 0.881. The molecular formula is C31H32N2O6S. The van der Waals surface area contributed by atoms with Gasteiger partial charge >= 0.3 is 0 Å². The van der Waals surface area contributed by atoms with E-state index in [0.29, 0.717) is 22.0 Å². The molecule has 4 rings (SSSR count). The van der Waals surface area contributed by atoms with Crippen molar-refractivity contribution in [3.8, 4) is 17.2 Å². The number of hydrogen-bond donors (Lipinski definition) is 1. The number of imide groups is 1. The van der Waals surface area contributed by atoms with E-state index in [4.69, 9.17) is 14.2 Å². The van der Waals surface area contributed by atoms with Crippen LogP contribution >= 0.6 is 11.8 Å². The van der Waals surface area contributed by atoms with Crippen LogP contribution in [0.1, 0.15) is 27.8 Å². The smallest absolute Gasteiger partial charge is 0.293 e. The van der Waals surface area contributed by atoms with Gasteiger partial charge in [-0.15, -0.1) is 0 Å². The Morgan fingerprint density at radius 2 is 1.60 bits per heavy atom. The van der Waals surface area contributed by atoms with Crippen LogP contribution in [0.3, 0.4) is 0 Å². The molecule has 1 saturated heterocycles. The number of hydrogen-bond acceptors (Lipinski definition) is 7. The number of carbonyl (C=O) groups excluding carboxylic acids is 3. The highest BCUT2D eigenvalue weighted by atomic mass is 32.2. The maximum absolute atomic E-state index is 12.9. The molecule has 40 heavy (non-hydrogen) atoms. The van der Waals surface area contributed by atoms with Crippen LogP contribution in [-0.4, -0.2) is 48.8 Å². The number of benzene rings is 3. The largest absolute Gasteiger partial charge is 0.493 e. The molecule has 0 aliphatic carbocycles. The molecule has 0 atom stereocenters. The predicted octanol–water partition coefficient (Wildman–Crippen LogP) is 6.06. The van der Waals surface area contributed by atoms with E-state index in [2.05, 4.69) is 5.32 Å². The monoisotopic (exact) mass is 560 g/mol. The standard InChI is InChI=1S/C31H32N2O6S/c1-19-6-8-21(3)24(14-19)32-29(34)18-39-25-11-10-23(16-27(25)37-5)17-28-30(35)33(31(36)40-28)12-13-38-26-15-20(2)7-9-22(26)4/h6-11,14-17H,12-13,18H2,1-5H3,(H,32,34)/b28-17-. The number of rotatable bonds is 10. The van der Waals surface area contributed by atoms with Crippen molar-refractivity contribution in [2.75, 3.05) is 32.2 Å². The molecule has 3 amide bonds. The Labute approximate surface area is 238 Å². The lowest BCUT2D eigenvalue weighted by Crippen LogP contribution is -2.32. The van der Waals surface area contributed by atoms with Crippen molar-refractivity contribution < 1.29 is 28.6 Å². The Morgan fingerprint density at radius 3 is 2.35 bits per heavy atom. The molecule has 1 aliphatic rings. The minimum atomic E-state index is -0.373. The number of anilines is 1. The van der Waals surface area contributed by atoms with Gasteiger partial charge in [0.05, 0.1) is 18.6 Å². The van der Waals surface area contributed by atoms with E-state index in [1.807, 2.05) is 64.1 Å². The quantitative estimate of drug-likeness (QED) is 0.301. The first kappa shape index (κ1) is 28.8. The summed E-state index contributed by atoms with van der Waals surface area (Å²) in [4.78, 5) is 39.4. The van der Waals surface area contributed by atoms with Crippen molar-refractivity contribution in [3.63, 3.8) is 0 Å². The van der Waals surface area contributed by atoms with Crippen LogP contribution in [0.25, 0.3) is 6.08 Å². The van der Waals surface area contributed by atoms with Crippen molar-refractivity contribution in [2.45, 2.75) is 27.7 Å². The van der Waals surface area contributed by atoms with E-state index in [1.54, 1.807) is 24.3 Å². The molecule has 8 nitrogen and oxygen atoms in total. The molecule has 0 aromatic heterocycles. The first-order valence-corrected chi connectivity index (χ1v) is 13.6. The Hall–Kier alpha value is -4.24. The summed E-state index contributed by atoms with van der Waals surface area (Å²) < 4.78 is 17.0. The molecule has 0 spiro atoms. The molecule has 9 heteroatoms. The minimum Gasteiger partial charge on any atom is -0.493 e. The summed E-state index contributed by atoms with van der Waals surface area (Å²) in [5, 5.41) is 2.52. The summed E-state index contributed by atoms with van der Waals surface area (Å²) in [6.07, 6.45) is 1.63. The molecule has 0 radical (unpaired) electrons. The minimum absolute atomic E-state index is 0.148. The summed E-state index contributed by atoms with van der Waals surface area (Å²) in [6.45, 7) is 7.95. The van der Waals surface area contributed by atoms with E-state index in [1.165, 1.54) is 12.0 Å². The lowest BCUT2D eigenvalue weighted by Gasteiger charge is -2.14. The van der Waals surface area contributed by atoms with E-state index in [0.717, 1.165) is 45.5 Å². The lowest BCUT2D eigenvalue weighted by molar-refractivity contribution is -0.123. The van der Waals surface area contributed by atoms with E-state index >= 15 is 0 Å². The van der Waals surface area contributed by atoms with Crippen molar-refractivity contribution in [2.24, 2.45) is 0 Å². The Bertz CT molecular complexity index is 1480. The highest BCUT2D eigenvalue weighted by Gasteiger charge is 2.34. The fraction of sp³-hybridized carbons (Fsp3) is 0.258. The topological polar surface area (TPSA) is 94.2 Å². The van der Waals surface area contributed by atoms with Crippen LogP contribution in [-0.2, 0) is 9.59 Å². The Kier molecular flexibility index (Phi) is 9.16. The molecule has 3 aromatic rings. The summed E-state index contributed by atoms with van der Waals surface area (Å²) in [6, 6.07) is 16.8. The number of nitrogens with one attached hydrogen (secondary N) is 1. The maximum atomic E-state index is 12.9. The van der Waals surface area contributed by atoms with Gasteiger partial charge in [0.2, 0.25) is 0 Å². The number of thioether (sulfide) groups is 1. The maximum Gasteiger partial charge on any atom is 0.293 e. The van der Waals surface area contributed by atoms with E-state index < -0.39 is 0 Å². The number of carbonyl (C=O) groups is 3. The summed E-state index contributed by atoms with van der Waals surface area (Å²) in [5.74, 6) is 0.846. The van der Waals surface area contributed by atoms with Crippen LogP contribution in [0.4, 0.5) is 10.5 Å². The van der Waals surface area contributed by atoms with Crippen molar-refractivity contribution in [3.05, 3.63) is 87.3 Å². The summed E-state index contributed by atoms with van der Waals surface area (Å²) in [5.41, 5.74) is 5.45. The van der Waals surface area contributed by atoms with Crippen molar-refractivity contribution in [1.82, 2.24) is 4.90 Å². The summed E-state index contributed by atoms with van der Waals surface area (Å²) in [7, 11) is 1.49. The zero-order chi connectivity index (χ0) is 28.8. The van der Waals surface area contributed by atoms with Gasteiger partial charge in [0.1, 0.15) is 12.4 Å². The zero-order valence-corrected chi connectivity index (χ0v) is 24.0. The SMILES string of the molecule is COc1cc(/C=C2\SC(=O)N(CCOc3cc(C)ccc3C)C2=O)ccc1OCC(=O)Nc1cc(C)ccc1C. The first-order chi connectivity index (χ1) is 19.1. The van der Waals surface area contributed by atoms with Gasteiger partial charge in [0, 0.05) is 5.69 Å². The third-order valence-corrected chi connectivity index (χ3v) is 7.21.